The highest BCUT2D eigenvalue weighted by Gasteiger charge is 2.32. The maximum absolute atomic E-state index is 12.9. The molecule has 10 heteroatoms. The van der Waals surface area contributed by atoms with Crippen molar-refractivity contribution in [2.75, 3.05) is 6.54 Å². The number of nitrogens with one attached hydrogen (secondary N) is 1. The molecule has 0 spiro atoms. The predicted molar refractivity (Wildman–Crippen MR) is 125 cm³/mol. The lowest BCUT2D eigenvalue weighted by Gasteiger charge is -2.25. The number of benzene rings is 2. The minimum Gasteiger partial charge on any atom is -0.485 e. The molecule has 4 rings (SSSR count). The number of hydrogen-bond donors (Lipinski definition) is 2. The Morgan fingerprint density at radius 1 is 1.08 bits per heavy atom. The van der Waals surface area contributed by atoms with Crippen LogP contribution in [0.25, 0.3) is 5.69 Å². The molecule has 1 fully saturated rings. The third-order valence-corrected chi connectivity index (χ3v) is 6.23. The van der Waals surface area contributed by atoms with Gasteiger partial charge in [0.1, 0.15) is 11.9 Å². The van der Waals surface area contributed by atoms with Gasteiger partial charge in [-0.3, -0.25) is 9.59 Å². The van der Waals surface area contributed by atoms with Crippen molar-refractivity contribution in [1.82, 2.24) is 15.1 Å². The van der Waals surface area contributed by atoms with Gasteiger partial charge in [0, 0.05) is 24.2 Å². The molecule has 36 heavy (non-hydrogen) atoms. The third kappa shape index (κ3) is 6.24. The molecule has 1 atom stereocenters. The first-order chi connectivity index (χ1) is 17.2. The Labute approximate surface area is 205 Å². The molecule has 1 aliphatic carbocycles. The van der Waals surface area contributed by atoms with Crippen molar-refractivity contribution in [3.8, 4) is 11.4 Å². The summed E-state index contributed by atoms with van der Waals surface area (Å²) in [6.45, 7) is 0.0514. The van der Waals surface area contributed by atoms with Gasteiger partial charge in [-0.1, -0.05) is 25.0 Å². The number of nitrogens with zero attached hydrogens (tertiary/aromatic N) is 2. The topological polar surface area (TPSA) is 93.5 Å². The number of carboxylic acids is 1. The molecular formula is C26H26F3N3O4. The van der Waals surface area contributed by atoms with Crippen molar-refractivity contribution in [3.63, 3.8) is 0 Å². The minimum absolute atomic E-state index is 0.0514. The normalized spacial score (nSPS) is 15.0. The van der Waals surface area contributed by atoms with E-state index in [-0.39, 0.29) is 25.0 Å². The summed E-state index contributed by atoms with van der Waals surface area (Å²) in [6.07, 6.45) is 1.11. The first-order valence-electron chi connectivity index (χ1n) is 11.7. The molecule has 7 nitrogen and oxygen atoms in total. The summed E-state index contributed by atoms with van der Waals surface area (Å²) in [4.78, 5) is 22.9. The molecule has 1 amide bonds. The van der Waals surface area contributed by atoms with E-state index in [1.54, 1.807) is 36.4 Å². The number of aliphatic carboxylic acids is 1. The molecule has 0 unspecified atom stereocenters. The van der Waals surface area contributed by atoms with Crippen LogP contribution in [0.2, 0.25) is 0 Å². The molecule has 0 radical (unpaired) electrons. The maximum atomic E-state index is 12.9. The second-order valence-corrected chi connectivity index (χ2v) is 8.77. The van der Waals surface area contributed by atoms with E-state index in [4.69, 9.17) is 9.84 Å². The van der Waals surface area contributed by atoms with Crippen LogP contribution < -0.4 is 10.1 Å². The Bertz CT molecular complexity index is 1180. The molecule has 1 aliphatic rings. The first-order valence-corrected chi connectivity index (χ1v) is 11.7. The monoisotopic (exact) mass is 501 g/mol. The predicted octanol–water partition coefficient (Wildman–Crippen LogP) is 5.41. The van der Waals surface area contributed by atoms with Gasteiger partial charge in [-0.05, 0) is 54.8 Å². The molecule has 1 aromatic heterocycles. The number of carbonyl (C=O) groups excluding carboxylic acids is 1. The van der Waals surface area contributed by atoms with E-state index in [0.717, 1.165) is 43.6 Å². The van der Waals surface area contributed by atoms with E-state index in [9.17, 15) is 22.8 Å². The van der Waals surface area contributed by atoms with E-state index in [1.807, 2.05) is 12.1 Å². The smallest absolute Gasteiger partial charge is 0.419 e. The zero-order valence-corrected chi connectivity index (χ0v) is 19.4. The Morgan fingerprint density at radius 2 is 1.75 bits per heavy atom. The highest BCUT2D eigenvalue weighted by Crippen LogP contribution is 2.39. The van der Waals surface area contributed by atoms with Crippen LogP contribution in [0.15, 0.2) is 60.9 Å². The van der Waals surface area contributed by atoms with Crippen molar-refractivity contribution >= 4 is 11.9 Å². The molecule has 2 N–H and O–H groups in total. The first kappa shape index (κ1) is 25.3. The van der Waals surface area contributed by atoms with Crippen LogP contribution in [0.5, 0.6) is 5.75 Å². The summed E-state index contributed by atoms with van der Waals surface area (Å²) in [5.41, 5.74) is 1.00. The second kappa shape index (κ2) is 10.8. The number of carboxylic acid groups (broad SMARTS) is 1. The molecule has 1 saturated carbocycles. The van der Waals surface area contributed by atoms with Crippen LogP contribution >= 0.6 is 0 Å². The van der Waals surface area contributed by atoms with Crippen LogP contribution in [0, 0.1) is 5.92 Å². The van der Waals surface area contributed by atoms with Crippen molar-refractivity contribution in [1.29, 1.82) is 0 Å². The number of ether oxygens (including phenoxy) is 1. The average Bonchev–Trinajstić information content (AvgIpc) is 3.55. The van der Waals surface area contributed by atoms with Crippen LogP contribution in [0.1, 0.15) is 59.7 Å². The Kier molecular flexibility index (Phi) is 7.61. The number of rotatable bonds is 9. The minimum atomic E-state index is -4.45. The highest BCUT2D eigenvalue weighted by molar-refractivity contribution is 5.94. The fourth-order valence-electron chi connectivity index (χ4n) is 4.34. The number of halogens is 3. The van der Waals surface area contributed by atoms with E-state index in [0.29, 0.717) is 22.9 Å². The number of aromatic nitrogens is 2. The van der Waals surface area contributed by atoms with Crippen LogP contribution in [0.3, 0.4) is 0 Å². The van der Waals surface area contributed by atoms with Gasteiger partial charge < -0.3 is 15.2 Å². The summed E-state index contributed by atoms with van der Waals surface area (Å²) < 4.78 is 46.1. The highest BCUT2D eigenvalue weighted by atomic mass is 19.4. The van der Waals surface area contributed by atoms with E-state index in [1.165, 1.54) is 4.68 Å². The Hall–Kier alpha value is -3.82. The van der Waals surface area contributed by atoms with E-state index in [2.05, 4.69) is 10.4 Å². The van der Waals surface area contributed by atoms with Gasteiger partial charge in [0.2, 0.25) is 0 Å². The summed E-state index contributed by atoms with van der Waals surface area (Å²) >= 11 is 0. The van der Waals surface area contributed by atoms with Gasteiger partial charge in [0.15, 0.2) is 0 Å². The lowest BCUT2D eigenvalue weighted by molar-refractivity contribution is -0.138. The van der Waals surface area contributed by atoms with Gasteiger partial charge in [-0.25, -0.2) is 4.68 Å². The SMILES string of the molecule is O=C(O)CCNC(=O)c1ccc([C@@H](Oc2ccc(-n3cc(C(F)(F)F)cn3)cc2)C2CCCC2)cc1. The third-order valence-electron chi connectivity index (χ3n) is 6.23. The van der Waals surface area contributed by atoms with Crippen molar-refractivity contribution in [3.05, 3.63) is 77.6 Å². The molecule has 2 aromatic carbocycles. The number of alkyl halides is 3. The van der Waals surface area contributed by atoms with Crippen molar-refractivity contribution in [2.45, 2.75) is 44.4 Å². The molecule has 3 aromatic rings. The fourth-order valence-corrected chi connectivity index (χ4v) is 4.34. The van der Waals surface area contributed by atoms with Gasteiger partial charge in [0.05, 0.1) is 23.9 Å². The molecule has 190 valence electrons. The van der Waals surface area contributed by atoms with Crippen LogP contribution in [-0.2, 0) is 11.0 Å². The van der Waals surface area contributed by atoms with Gasteiger partial charge >= 0.3 is 12.1 Å². The number of carbonyl (C=O) groups is 2. The maximum Gasteiger partial charge on any atom is 0.419 e. The second-order valence-electron chi connectivity index (χ2n) is 8.77. The molecule has 0 bridgehead atoms. The average molecular weight is 502 g/mol. The van der Waals surface area contributed by atoms with Crippen LogP contribution in [0.4, 0.5) is 13.2 Å². The standard InChI is InChI=1S/C26H26F3N3O4/c27-26(28,29)20-15-31-32(16-20)21-9-11-22(12-10-21)36-24(17-3-1-2-4-17)18-5-7-19(8-6-18)25(35)30-14-13-23(33)34/h5-12,15-17,24H,1-4,13-14H2,(H,30,35)(H,33,34)/t24-/m0/s1. The largest absolute Gasteiger partial charge is 0.485 e. The summed E-state index contributed by atoms with van der Waals surface area (Å²) in [7, 11) is 0. The number of amides is 1. The van der Waals surface area contributed by atoms with Gasteiger partial charge in [-0.2, -0.15) is 18.3 Å². The van der Waals surface area contributed by atoms with Crippen molar-refractivity contribution < 1.29 is 32.6 Å². The quantitative estimate of drug-likeness (QED) is 0.409. The summed E-state index contributed by atoms with van der Waals surface area (Å²) in [5, 5.41) is 15.1. The molecule has 0 saturated heterocycles. The number of hydrogen-bond acceptors (Lipinski definition) is 4. The van der Waals surface area contributed by atoms with E-state index >= 15 is 0 Å². The van der Waals surface area contributed by atoms with Crippen molar-refractivity contribution in [2.24, 2.45) is 5.92 Å². The summed E-state index contributed by atoms with van der Waals surface area (Å²) in [5.74, 6) is -0.454. The van der Waals surface area contributed by atoms with E-state index < -0.39 is 17.7 Å². The fraction of sp³-hybridized carbons (Fsp3) is 0.346. The molecule has 0 aliphatic heterocycles. The lowest BCUT2D eigenvalue weighted by Crippen LogP contribution is -2.26. The Balaban J connectivity index is 1.47. The summed E-state index contributed by atoms with van der Waals surface area (Å²) in [6, 6.07) is 13.8. The lowest BCUT2D eigenvalue weighted by atomic mass is 9.93. The Morgan fingerprint density at radius 3 is 2.33 bits per heavy atom. The molecule has 1 heterocycles. The zero-order valence-electron chi connectivity index (χ0n) is 19.4. The zero-order chi connectivity index (χ0) is 25.7. The van der Waals surface area contributed by atoms with Gasteiger partial charge in [0.25, 0.3) is 5.91 Å². The molecular weight excluding hydrogens is 475 g/mol. The van der Waals surface area contributed by atoms with Gasteiger partial charge in [-0.15, -0.1) is 0 Å². The van der Waals surface area contributed by atoms with Crippen LogP contribution in [-0.4, -0.2) is 33.3 Å².